The number of anilines is 1. The fourth-order valence-corrected chi connectivity index (χ4v) is 1.75. The topological polar surface area (TPSA) is 62.1 Å². The molecule has 0 fully saturated rings. The summed E-state index contributed by atoms with van der Waals surface area (Å²) >= 11 is 3.31. The molecule has 0 saturated carbocycles. The van der Waals surface area contributed by atoms with Crippen LogP contribution in [0.1, 0.15) is 18.4 Å². The van der Waals surface area contributed by atoms with Crippen LogP contribution in [0.3, 0.4) is 0 Å². The van der Waals surface area contributed by atoms with Crippen LogP contribution in [0.2, 0.25) is 0 Å². The first-order valence-corrected chi connectivity index (χ1v) is 5.95. The summed E-state index contributed by atoms with van der Waals surface area (Å²) in [6.45, 7) is 0.571. The van der Waals surface area contributed by atoms with Crippen molar-refractivity contribution in [2.24, 2.45) is 0 Å². The van der Waals surface area contributed by atoms with Gasteiger partial charge in [0.05, 0.1) is 17.3 Å². The van der Waals surface area contributed by atoms with E-state index < -0.39 is 0 Å². The molecular formula is C12H13BrN2O2. The minimum Gasteiger partial charge on any atom is -0.385 e. The Hall–Kier alpha value is -1.38. The predicted octanol–water partition coefficient (Wildman–Crippen LogP) is 2.69. The van der Waals surface area contributed by atoms with Gasteiger partial charge >= 0.3 is 0 Å². The zero-order chi connectivity index (χ0) is 12.7. The maximum atomic E-state index is 11.5. The van der Waals surface area contributed by atoms with Crippen LogP contribution in [0, 0.1) is 11.3 Å². The van der Waals surface area contributed by atoms with Crippen molar-refractivity contribution >= 4 is 27.5 Å². The Balaban J connectivity index is 2.57. The molecule has 0 atom stereocenters. The summed E-state index contributed by atoms with van der Waals surface area (Å²) in [6.07, 6.45) is 1.11. The number of halogens is 1. The summed E-state index contributed by atoms with van der Waals surface area (Å²) in [7, 11) is 1.61. The van der Waals surface area contributed by atoms with Gasteiger partial charge in [-0.3, -0.25) is 4.79 Å². The van der Waals surface area contributed by atoms with Crippen molar-refractivity contribution in [2.45, 2.75) is 12.8 Å². The molecule has 0 aliphatic carbocycles. The molecule has 0 aliphatic heterocycles. The van der Waals surface area contributed by atoms with Crippen molar-refractivity contribution in [1.29, 1.82) is 5.26 Å². The first-order chi connectivity index (χ1) is 8.17. The number of nitrogens with one attached hydrogen (secondary N) is 1. The van der Waals surface area contributed by atoms with E-state index in [9.17, 15) is 4.79 Å². The van der Waals surface area contributed by atoms with E-state index in [0.717, 1.165) is 0 Å². The fraction of sp³-hybridized carbons (Fsp3) is 0.333. The van der Waals surface area contributed by atoms with Gasteiger partial charge in [0.25, 0.3) is 0 Å². The van der Waals surface area contributed by atoms with Gasteiger partial charge in [0, 0.05) is 24.6 Å². The molecule has 0 spiro atoms. The van der Waals surface area contributed by atoms with E-state index in [-0.39, 0.29) is 5.91 Å². The summed E-state index contributed by atoms with van der Waals surface area (Å²) in [4.78, 5) is 11.5. The molecule has 0 unspecified atom stereocenters. The monoisotopic (exact) mass is 296 g/mol. The number of hydrogen-bond donors (Lipinski definition) is 1. The molecule has 0 heterocycles. The summed E-state index contributed by atoms with van der Waals surface area (Å²) < 4.78 is 5.58. The first-order valence-electron chi connectivity index (χ1n) is 5.16. The Morgan fingerprint density at radius 3 is 2.94 bits per heavy atom. The molecule has 0 bridgehead atoms. The van der Waals surface area contributed by atoms with Gasteiger partial charge in [-0.25, -0.2) is 0 Å². The Morgan fingerprint density at radius 2 is 2.35 bits per heavy atom. The average Bonchev–Trinajstić information content (AvgIpc) is 2.32. The van der Waals surface area contributed by atoms with Crippen LogP contribution in [0.4, 0.5) is 5.69 Å². The van der Waals surface area contributed by atoms with Crippen molar-refractivity contribution in [1.82, 2.24) is 0 Å². The highest BCUT2D eigenvalue weighted by Crippen LogP contribution is 2.23. The van der Waals surface area contributed by atoms with Gasteiger partial charge in [-0.2, -0.15) is 5.26 Å². The predicted molar refractivity (Wildman–Crippen MR) is 68.6 cm³/mol. The molecule has 4 nitrogen and oxygen atoms in total. The smallest absolute Gasteiger partial charge is 0.224 e. The largest absolute Gasteiger partial charge is 0.385 e. The van der Waals surface area contributed by atoms with E-state index in [0.29, 0.717) is 35.2 Å². The van der Waals surface area contributed by atoms with E-state index in [2.05, 4.69) is 21.2 Å². The number of nitrogens with zero attached hydrogens (tertiary/aromatic N) is 1. The number of nitriles is 1. The number of rotatable bonds is 5. The Bertz CT molecular complexity index is 441. The van der Waals surface area contributed by atoms with E-state index in [1.807, 2.05) is 6.07 Å². The Labute approximate surface area is 109 Å². The quantitative estimate of drug-likeness (QED) is 0.850. The lowest BCUT2D eigenvalue weighted by Gasteiger charge is -2.07. The van der Waals surface area contributed by atoms with Crippen LogP contribution in [0.5, 0.6) is 0 Å². The molecule has 5 heteroatoms. The second-order valence-corrected chi connectivity index (χ2v) is 4.31. The van der Waals surface area contributed by atoms with Crippen LogP contribution < -0.4 is 5.32 Å². The third-order valence-corrected chi connectivity index (χ3v) is 2.78. The van der Waals surface area contributed by atoms with Gasteiger partial charge in [0.15, 0.2) is 0 Å². The van der Waals surface area contributed by atoms with E-state index in [1.165, 1.54) is 0 Å². The third kappa shape index (κ3) is 4.55. The second-order valence-electron chi connectivity index (χ2n) is 3.45. The lowest BCUT2D eigenvalue weighted by Crippen LogP contribution is -2.12. The van der Waals surface area contributed by atoms with Crippen molar-refractivity contribution in [3.63, 3.8) is 0 Å². The van der Waals surface area contributed by atoms with Crippen LogP contribution in [-0.2, 0) is 9.53 Å². The maximum absolute atomic E-state index is 11.5. The number of carbonyl (C=O) groups excluding carboxylic acids is 1. The van der Waals surface area contributed by atoms with Gasteiger partial charge in [0.2, 0.25) is 5.91 Å². The number of methoxy groups -OCH3 is 1. The number of hydrogen-bond acceptors (Lipinski definition) is 3. The van der Waals surface area contributed by atoms with Crippen LogP contribution >= 0.6 is 15.9 Å². The van der Waals surface area contributed by atoms with Gasteiger partial charge < -0.3 is 10.1 Å². The van der Waals surface area contributed by atoms with Crippen molar-refractivity contribution in [3.05, 3.63) is 28.2 Å². The summed E-state index contributed by atoms with van der Waals surface area (Å²) in [5.74, 6) is -0.0625. The van der Waals surface area contributed by atoms with Crippen molar-refractivity contribution in [2.75, 3.05) is 19.0 Å². The number of ether oxygens (including phenoxy) is 1. The van der Waals surface area contributed by atoms with Gasteiger partial charge in [-0.05, 0) is 40.5 Å². The van der Waals surface area contributed by atoms with Crippen LogP contribution in [-0.4, -0.2) is 19.6 Å². The molecule has 17 heavy (non-hydrogen) atoms. The number of amides is 1. The van der Waals surface area contributed by atoms with E-state index in [1.54, 1.807) is 25.3 Å². The highest BCUT2D eigenvalue weighted by molar-refractivity contribution is 9.10. The molecule has 0 saturated heterocycles. The minimum absolute atomic E-state index is 0.0625. The van der Waals surface area contributed by atoms with E-state index >= 15 is 0 Å². The van der Waals surface area contributed by atoms with Crippen molar-refractivity contribution in [3.8, 4) is 6.07 Å². The number of carbonyl (C=O) groups is 1. The molecule has 0 radical (unpaired) electrons. The molecule has 1 aromatic carbocycles. The van der Waals surface area contributed by atoms with E-state index in [4.69, 9.17) is 10.00 Å². The highest BCUT2D eigenvalue weighted by atomic mass is 79.9. The molecule has 1 N–H and O–H groups in total. The van der Waals surface area contributed by atoms with Gasteiger partial charge in [-0.15, -0.1) is 0 Å². The highest BCUT2D eigenvalue weighted by Gasteiger charge is 2.06. The minimum atomic E-state index is -0.0625. The summed E-state index contributed by atoms with van der Waals surface area (Å²) in [5, 5.41) is 11.5. The Kier molecular flexibility index (Phi) is 5.67. The maximum Gasteiger partial charge on any atom is 0.224 e. The second kappa shape index (κ2) is 7.05. The standard InChI is InChI=1S/C12H13BrN2O2/c1-17-6-2-3-12(16)15-11-5-4-9(8-14)7-10(11)13/h4-5,7H,2-3,6H2,1H3,(H,15,16). The molecule has 90 valence electrons. The lowest BCUT2D eigenvalue weighted by atomic mass is 10.2. The molecule has 1 aromatic rings. The zero-order valence-electron chi connectivity index (χ0n) is 9.50. The van der Waals surface area contributed by atoms with Crippen LogP contribution in [0.25, 0.3) is 0 Å². The molecule has 0 aliphatic rings. The fourth-order valence-electron chi connectivity index (χ4n) is 1.28. The SMILES string of the molecule is COCCCC(=O)Nc1ccc(C#N)cc1Br. The summed E-state index contributed by atoms with van der Waals surface area (Å²) in [6, 6.07) is 7.07. The first kappa shape index (κ1) is 13.7. The zero-order valence-corrected chi connectivity index (χ0v) is 11.1. The summed E-state index contributed by atoms with van der Waals surface area (Å²) in [5.41, 5.74) is 1.22. The normalized spacial score (nSPS) is 9.71. The van der Waals surface area contributed by atoms with Crippen molar-refractivity contribution < 1.29 is 9.53 Å². The van der Waals surface area contributed by atoms with Crippen LogP contribution in [0.15, 0.2) is 22.7 Å². The van der Waals surface area contributed by atoms with Gasteiger partial charge in [-0.1, -0.05) is 0 Å². The Morgan fingerprint density at radius 1 is 1.59 bits per heavy atom. The molecule has 1 amide bonds. The van der Waals surface area contributed by atoms with Gasteiger partial charge in [0.1, 0.15) is 0 Å². The lowest BCUT2D eigenvalue weighted by molar-refractivity contribution is -0.116. The number of benzene rings is 1. The average molecular weight is 297 g/mol. The molecular weight excluding hydrogens is 284 g/mol. The molecule has 0 aromatic heterocycles. The third-order valence-electron chi connectivity index (χ3n) is 2.12. The molecule has 1 rings (SSSR count).